The van der Waals surface area contributed by atoms with Crippen LogP contribution >= 0.6 is 0 Å². The first-order chi connectivity index (χ1) is 11.2. The largest absolute Gasteiger partial charge is 0.481 e. The number of fused-ring (bicyclic) bond motifs is 1. The van der Waals surface area contributed by atoms with Crippen molar-refractivity contribution < 1.29 is 28.6 Å². The molecule has 0 aromatic carbocycles. The molecule has 2 saturated heterocycles. The number of piperidine rings is 2. The van der Waals surface area contributed by atoms with Crippen molar-refractivity contribution in [3.63, 3.8) is 0 Å². The molecule has 1 aliphatic carbocycles. The second kappa shape index (κ2) is 6.55. The number of aliphatic carboxylic acids is 2. The summed E-state index contributed by atoms with van der Waals surface area (Å²) >= 11 is 0. The molecule has 0 aromatic rings. The number of hydrogen-bond acceptors (Lipinski definition) is 4. The Balaban J connectivity index is 1.66. The van der Waals surface area contributed by atoms with Gasteiger partial charge in [-0.25, -0.2) is 8.78 Å². The maximum atomic E-state index is 13.9. The third-order valence-corrected chi connectivity index (χ3v) is 5.88. The van der Waals surface area contributed by atoms with E-state index in [1.165, 1.54) is 0 Å². The van der Waals surface area contributed by atoms with E-state index < -0.39 is 36.2 Å². The lowest BCUT2D eigenvalue weighted by molar-refractivity contribution is -0.156. The molecule has 136 valence electrons. The molecule has 5 unspecified atom stereocenters. The highest BCUT2D eigenvalue weighted by Gasteiger charge is 2.47. The van der Waals surface area contributed by atoms with Gasteiger partial charge < -0.3 is 15.5 Å². The SMILES string of the molecule is O=C(O)C1CN(C2CCC3CNC(C(=O)O)CC3C2)CC(F)(F)C1. The highest BCUT2D eigenvalue weighted by Crippen LogP contribution is 2.40. The van der Waals surface area contributed by atoms with Crippen molar-refractivity contribution in [1.29, 1.82) is 0 Å². The molecule has 5 atom stereocenters. The Morgan fingerprint density at radius 3 is 2.50 bits per heavy atom. The molecular formula is C16H24F2N2O4. The summed E-state index contributed by atoms with van der Waals surface area (Å²) in [6.45, 7) is 0.426. The van der Waals surface area contributed by atoms with Gasteiger partial charge in [0.15, 0.2) is 0 Å². The summed E-state index contributed by atoms with van der Waals surface area (Å²) in [4.78, 5) is 24.0. The second-order valence-corrected chi connectivity index (χ2v) is 7.55. The second-order valence-electron chi connectivity index (χ2n) is 7.55. The summed E-state index contributed by atoms with van der Waals surface area (Å²) in [5, 5.41) is 21.3. The van der Waals surface area contributed by atoms with Crippen LogP contribution in [-0.4, -0.2) is 64.7 Å². The fraction of sp³-hybridized carbons (Fsp3) is 0.875. The van der Waals surface area contributed by atoms with E-state index in [-0.39, 0.29) is 25.0 Å². The number of hydrogen-bond donors (Lipinski definition) is 3. The number of carboxylic acids is 2. The van der Waals surface area contributed by atoms with Crippen LogP contribution in [0.3, 0.4) is 0 Å². The van der Waals surface area contributed by atoms with Gasteiger partial charge in [0.25, 0.3) is 5.92 Å². The molecule has 3 N–H and O–H groups in total. The predicted molar refractivity (Wildman–Crippen MR) is 80.9 cm³/mol. The summed E-state index contributed by atoms with van der Waals surface area (Å²) in [6.07, 6.45) is 2.24. The number of nitrogens with zero attached hydrogens (tertiary/aromatic N) is 1. The molecule has 0 bridgehead atoms. The number of carbonyl (C=O) groups is 2. The van der Waals surface area contributed by atoms with Crippen LogP contribution in [0.5, 0.6) is 0 Å². The van der Waals surface area contributed by atoms with Gasteiger partial charge in [-0.15, -0.1) is 0 Å². The third-order valence-electron chi connectivity index (χ3n) is 5.88. The molecular weight excluding hydrogens is 322 g/mol. The lowest BCUT2D eigenvalue weighted by Gasteiger charge is -2.47. The van der Waals surface area contributed by atoms with Gasteiger partial charge in [0, 0.05) is 19.0 Å². The number of nitrogens with one attached hydrogen (secondary N) is 1. The highest BCUT2D eigenvalue weighted by atomic mass is 19.3. The molecule has 2 aliphatic heterocycles. The molecule has 0 radical (unpaired) electrons. The number of alkyl halides is 2. The van der Waals surface area contributed by atoms with E-state index in [0.717, 1.165) is 12.8 Å². The topological polar surface area (TPSA) is 89.9 Å². The van der Waals surface area contributed by atoms with Crippen LogP contribution in [0.1, 0.15) is 32.1 Å². The first-order valence-corrected chi connectivity index (χ1v) is 8.56. The first kappa shape index (κ1) is 17.5. The normalized spacial score (nSPS) is 39.8. The van der Waals surface area contributed by atoms with Crippen molar-refractivity contribution in [2.45, 2.75) is 50.1 Å². The number of halogens is 2. The minimum Gasteiger partial charge on any atom is -0.481 e. The third kappa shape index (κ3) is 3.69. The zero-order valence-corrected chi connectivity index (χ0v) is 13.5. The maximum Gasteiger partial charge on any atom is 0.320 e. The van der Waals surface area contributed by atoms with Crippen LogP contribution in [0.2, 0.25) is 0 Å². The molecule has 0 spiro atoms. The minimum absolute atomic E-state index is 0.0770. The number of rotatable bonds is 3. The van der Waals surface area contributed by atoms with Gasteiger partial charge in [0.05, 0.1) is 12.5 Å². The van der Waals surface area contributed by atoms with Gasteiger partial charge in [-0.3, -0.25) is 14.5 Å². The molecule has 8 heteroatoms. The summed E-state index contributed by atoms with van der Waals surface area (Å²) in [5.41, 5.74) is 0. The molecule has 24 heavy (non-hydrogen) atoms. The first-order valence-electron chi connectivity index (χ1n) is 8.56. The Labute approximate surface area is 139 Å². The molecule has 0 amide bonds. The Kier molecular flexibility index (Phi) is 4.79. The van der Waals surface area contributed by atoms with E-state index >= 15 is 0 Å². The van der Waals surface area contributed by atoms with E-state index in [4.69, 9.17) is 5.11 Å². The van der Waals surface area contributed by atoms with Crippen LogP contribution in [0, 0.1) is 17.8 Å². The number of likely N-dealkylation sites (tertiary alicyclic amines) is 1. The lowest BCUT2D eigenvalue weighted by Crippen LogP contribution is -2.56. The standard InChI is InChI=1S/C16H24F2N2O4/c17-16(18)5-11(14(21)22)7-20(8-16)12-2-1-9-6-19-13(15(23)24)4-10(9)3-12/h9-13,19H,1-8H2,(H,21,22)(H,23,24). The van der Waals surface area contributed by atoms with Crippen molar-refractivity contribution in [3.05, 3.63) is 0 Å². The molecule has 0 aromatic heterocycles. The van der Waals surface area contributed by atoms with Crippen LogP contribution in [0.15, 0.2) is 0 Å². The maximum absolute atomic E-state index is 13.9. The molecule has 3 fully saturated rings. The van der Waals surface area contributed by atoms with Crippen LogP contribution in [0.25, 0.3) is 0 Å². The zero-order valence-electron chi connectivity index (χ0n) is 13.5. The van der Waals surface area contributed by atoms with E-state index in [9.17, 15) is 23.5 Å². The van der Waals surface area contributed by atoms with Crippen molar-refractivity contribution in [2.24, 2.45) is 17.8 Å². The van der Waals surface area contributed by atoms with Crippen molar-refractivity contribution in [2.75, 3.05) is 19.6 Å². The molecule has 6 nitrogen and oxygen atoms in total. The van der Waals surface area contributed by atoms with Crippen molar-refractivity contribution in [3.8, 4) is 0 Å². The van der Waals surface area contributed by atoms with Gasteiger partial charge in [0.1, 0.15) is 6.04 Å². The van der Waals surface area contributed by atoms with Crippen LogP contribution < -0.4 is 5.32 Å². The van der Waals surface area contributed by atoms with E-state index in [2.05, 4.69) is 5.32 Å². The Morgan fingerprint density at radius 1 is 1.08 bits per heavy atom. The average Bonchev–Trinajstić information content (AvgIpc) is 2.52. The van der Waals surface area contributed by atoms with Crippen molar-refractivity contribution in [1.82, 2.24) is 10.2 Å². The van der Waals surface area contributed by atoms with Gasteiger partial charge >= 0.3 is 11.9 Å². The molecule has 3 aliphatic rings. The fourth-order valence-corrected chi connectivity index (χ4v) is 4.64. The quantitative estimate of drug-likeness (QED) is 0.713. The van der Waals surface area contributed by atoms with E-state index in [1.807, 2.05) is 0 Å². The number of carboxylic acid groups (broad SMARTS) is 2. The van der Waals surface area contributed by atoms with Gasteiger partial charge in [-0.1, -0.05) is 0 Å². The van der Waals surface area contributed by atoms with E-state index in [1.54, 1.807) is 4.90 Å². The summed E-state index contributed by atoms with van der Waals surface area (Å²) in [7, 11) is 0. The van der Waals surface area contributed by atoms with E-state index in [0.29, 0.717) is 25.3 Å². The van der Waals surface area contributed by atoms with Gasteiger partial charge in [0.2, 0.25) is 0 Å². The summed E-state index contributed by atoms with van der Waals surface area (Å²) in [5.74, 6) is -5.46. The van der Waals surface area contributed by atoms with Gasteiger partial charge in [-0.05, 0) is 44.1 Å². The van der Waals surface area contributed by atoms with Gasteiger partial charge in [-0.2, -0.15) is 0 Å². The zero-order chi connectivity index (χ0) is 17.5. The summed E-state index contributed by atoms with van der Waals surface area (Å²) in [6, 6.07) is -0.647. The fourth-order valence-electron chi connectivity index (χ4n) is 4.64. The van der Waals surface area contributed by atoms with Crippen LogP contribution in [0.4, 0.5) is 8.78 Å². The Bertz CT molecular complexity index is 516. The molecule has 1 saturated carbocycles. The smallest absolute Gasteiger partial charge is 0.320 e. The lowest BCUT2D eigenvalue weighted by atomic mass is 9.71. The Hall–Kier alpha value is -1.28. The highest BCUT2D eigenvalue weighted by molar-refractivity contribution is 5.73. The molecule has 3 rings (SSSR count). The average molecular weight is 346 g/mol. The Morgan fingerprint density at radius 2 is 1.83 bits per heavy atom. The predicted octanol–water partition coefficient (Wildman–Crippen LogP) is 1.26. The van der Waals surface area contributed by atoms with Crippen LogP contribution in [-0.2, 0) is 9.59 Å². The minimum atomic E-state index is -2.98. The monoisotopic (exact) mass is 346 g/mol. The van der Waals surface area contributed by atoms with Crippen molar-refractivity contribution >= 4 is 11.9 Å². The summed E-state index contributed by atoms with van der Waals surface area (Å²) < 4.78 is 27.9. The molecule has 2 heterocycles.